The zero-order valence-corrected chi connectivity index (χ0v) is 14.8. The van der Waals surface area contributed by atoms with Crippen molar-refractivity contribution in [1.29, 1.82) is 0 Å². The lowest BCUT2D eigenvalue weighted by Crippen LogP contribution is -2.43. The van der Waals surface area contributed by atoms with Gasteiger partial charge in [0.25, 0.3) is 0 Å². The van der Waals surface area contributed by atoms with Crippen molar-refractivity contribution in [3.63, 3.8) is 0 Å². The highest BCUT2D eigenvalue weighted by Gasteiger charge is 2.34. The number of hydrogen-bond acceptors (Lipinski definition) is 2. The minimum Gasteiger partial charge on any atom is -0.370 e. The fraction of sp³-hybridized carbons (Fsp3) is 0.333. The van der Waals surface area contributed by atoms with Gasteiger partial charge in [-0.1, -0.05) is 60.7 Å². The van der Waals surface area contributed by atoms with Crippen molar-refractivity contribution in [3.8, 4) is 0 Å². The van der Waals surface area contributed by atoms with Crippen LogP contribution in [-0.2, 0) is 11.3 Å². The van der Waals surface area contributed by atoms with Crippen molar-refractivity contribution >= 4 is 11.9 Å². The molecule has 26 heavy (non-hydrogen) atoms. The van der Waals surface area contributed by atoms with Crippen molar-refractivity contribution in [1.82, 2.24) is 10.2 Å². The molecule has 3 amide bonds. The van der Waals surface area contributed by atoms with Gasteiger partial charge in [-0.05, 0) is 29.9 Å². The van der Waals surface area contributed by atoms with Crippen LogP contribution in [0.2, 0.25) is 0 Å². The maximum absolute atomic E-state index is 12.9. The van der Waals surface area contributed by atoms with E-state index in [2.05, 4.69) is 5.32 Å². The molecule has 1 saturated carbocycles. The Bertz CT molecular complexity index is 729. The number of nitrogens with zero attached hydrogens (tertiary/aromatic N) is 1. The summed E-state index contributed by atoms with van der Waals surface area (Å²) in [6, 6.07) is 19.7. The Labute approximate surface area is 154 Å². The van der Waals surface area contributed by atoms with Crippen LogP contribution in [0.5, 0.6) is 0 Å². The van der Waals surface area contributed by atoms with Gasteiger partial charge >= 0.3 is 6.03 Å². The third-order valence-electron chi connectivity index (χ3n) is 4.66. The first-order valence-electron chi connectivity index (χ1n) is 9.06. The Kier molecular flexibility index (Phi) is 5.89. The predicted octanol–water partition coefficient (Wildman–Crippen LogP) is 3.22. The fourth-order valence-electron chi connectivity index (χ4n) is 3.09. The fourth-order valence-corrected chi connectivity index (χ4v) is 3.09. The van der Waals surface area contributed by atoms with Gasteiger partial charge in [-0.3, -0.25) is 4.79 Å². The Morgan fingerprint density at radius 3 is 2.23 bits per heavy atom. The van der Waals surface area contributed by atoms with Crippen molar-refractivity contribution in [2.24, 2.45) is 11.7 Å². The highest BCUT2D eigenvalue weighted by Crippen LogP contribution is 2.41. The number of hydrogen-bond donors (Lipinski definition) is 2. The number of nitrogens with one attached hydrogen (secondary N) is 1. The summed E-state index contributed by atoms with van der Waals surface area (Å²) in [7, 11) is 0. The van der Waals surface area contributed by atoms with Crippen LogP contribution < -0.4 is 11.1 Å². The molecule has 3 rings (SSSR count). The molecule has 2 aromatic rings. The topological polar surface area (TPSA) is 75.4 Å². The molecule has 1 atom stereocenters. The molecule has 0 spiro atoms. The molecule has 2 aromatic carbocycles. The van der Waals surface area contributed by atoms with Crippen LogP contribution in [0.15, 0.2) is 60.7 Å². The maximum atomic E-state index is 12.9. The monoisotopic (exact) mass is 351 g/mol. The molecule has 136 valence electrons. The average Bonchev–Trinajstić information content (AvgIpc) is 3.49. The third kappa shape index (κ3) is 5.09. The van der Waals surface area contributed by atoms with Crippen LogP contribution in [0.4, 0.5) is 4.79 Å². The van der Waals surface area contributed by atoms with Gasteiger partial charge in [-0.25, -0.2) is 4.79 Å². The molecule has 1 unspecified atom stereocenters. The number of benzene rings is 2. The molecule has 0 aromatic heterocycles. The molecular weight excluding hydrogens is 326 g/mol. The molecule has 3 N–H and O–H groups in total. The number of rotatable bonds is 8. The van der Waals surface area contributed by atoms with Crippen molar-refractivity contribution in [2.45, 2.75) is 31.8 Å². The molecule has 1 fully saturated rings. The van der Waals surface area contributed by atoms with Gasteiger partial charge in [0.2, 0.25) is 5.91 Å². The first-order chi connectivity index (χ1) is 12.6. The van der Waals surface area contributed by atoms with E-state index in [0.717, 1.165) is 24.0 Å². The molecule has 1 aliphatic carbocycles. The highest BCUT2D eigenvalue weighted by molar-refractivity contribution is 5.77. The number of primary amides is 1. The largest absolute Gasteiger partial charge is 0.370 e. The van der Waals surface area contributed by atoms with E-state index >= 15 is 0 Å². The normalized spacial score (nSPS) is 14.5. The number of carbonyl (C=O) groups is 2. The Morgan fingerprint density at radius 2 is 1.65 bits per heavy atom. The minimum atomic E-state index is -0.405. The minimum absolute atomic E-state index is 0.00977. The highest BCUT2D eigenvalue weighted by atomic mass is 16.2. The van der Waals surface area contributed by atoms with E-state index in [1.807, 2.05) is 60.7 Å². The lowest BCUT2D eigenvalue weighted by Gasteiger charge is -2.27. The lowest BCUT2D eigenvalue weighted by atomic mass is 10.0. The molecule has 1 aliphatic rings. The number of nitrogens with two attached hydrogens (primary N) is 1. The predicted molar refractivity (Wildman–Crippen MR) is 101 cm³/mol. The van der Waals surface area contributed by atoms with Gasteiger partial charge in [0, 0.05) is 19.5 Å². The Hall–Kier alpha value is -2.82. The summed E-state index contributed by atoms with van der Waals surface area (Å²) in [6.07, 6.45) is 2.40. The van der Waals surface area contributed by atoms with Gasteiger partial charge < -0.3 is 16.0 Å². The van der Waals surface area contributed by atoms with Crippen LogP contribution >= 0.6 is 0 Å². The third-order valence-corrected chi connectivity index (χ3v) is 4.66. The Balaban J connectivity index is 1.71. The molecule has 5 nitrogen and oxygen atoms in total. The van der Waals surface area contributed by atoms with Crippen LogP contribution in [0.25, 0.3) is 0 Å². The van der Waals surface area contributed by atoms with Crippen molar-refractivity contribution in [3.05, 3.63) is 71.8 Å². The van der Waals surface area contributed by atoms with Crippen molar-refractivity contribution in [2.75, 3.05) is 6.54 Å². The maximum Gasteiger partial charge on any atom is 0.318 e. The van der Waals surface area contributed by atoms with E-state index in [9.17, 15) is 9.59 Å². The van der Waals surface area contributed by atoms with Crippen LogP contribution in [-0.4, -0.2) is 23.4 Å². The number of urea groups is 1. The summed E-state index contributed by atoms with van der Waals surface area (Å²) in [6.45, 7) is 0.758. The second kappa shape index (κ2) is 8.52. The van der Waals surface area contributed by atoms with Crippen molar-refractivity contribution < 1.29 is 9.59 Å². The van der Waals surface area contributed by atoms with E-state index in [1.165, 1.54) is 0 Å². The zero-order chi connectivity index (χ0) is 18.4. The second-order valence-corrected chi connectivity index (χ2v) is 6.80. The van der Waals surface area contributed by atoms with Crippen LogP contribution in [0.3, 0.4) is 0 Å². The zero-order valence-electron chi connectivity index (χ0n) is 14.8. The van der Waals surface area contributed by atoms with Gasteiger partial charge in [-0.15, -0.1) is 0 Å². The number of carbonyl (C=O) groups excluding carboxylic acids is 2. The van der Waals surface area contributed by atoms with E-state index in [1.54, 1.807) is 4.90 Å². The van der Waals surface area contributed by atoms with E-state index in [0.29, 0.717) is 19.0 Å². The standard InChI is InChI=1S/C21H25N3O2/c22-19(25)13-14-24(15-16-7-3-1-4-8-16)21(26)23-20(18-11-12-18)17-9-5-2-6-10-17/h1-10,18,20H,11-15H2,(H2,22,25)(H,23,26). The van der Waals surface area contributed by atoms with Crippen LogP contribution in [0.1, 0.15) is 36.4 Å². The molecular formula is C21H25N3O2. The van der Waals surface area contributed by atoms with E-state index < -0.39 is 5.91 Å². The average molecular weight is 351 g/mol. The molecule has 0 radical (unpaired) electrons. The van der Waals surface area contributed by atoms with Crippen LogP contribution in [0, 0.1) is 5.92 Å². The summed E-state index contributed by atoms with van der Waals surface area (Å²) >= 11 is 0. The quantitative estimate of drug-likeness (QED) is 0.766. The lowest BCUT2D eigenvalue weighted by molar-refractivity contribution is -0.118. The SMILES string of the molecule is NC(=O)CCN(Cc1ccccc1)C(=O)NC(c1ccccc1)C1CC1. The van der Waals surface area contributed by atoms with Gasteiger partial charge in [-0.2, -0.15) is 0 Å². The summed E-state index contributed by atoms with van der Waals surface area (Å²) in [5, 5.41) is 3.17. The summed E-state index contributed by atoms with van der Waals surface area (Å²) in [5.74, 6) is 0.0775. The first-order valence-corrected chi connectivity index (χ1v) is 9.06. The molecule has 0 bridgehead atoms. The van der Waals surface area contributed by atoms with Gasteiger partial charge in [0.05, 0.1) is 6.04 Å². The second-order valence-electron chi connectivity index (χ2n) is 6.80. The smallest absolute Gasteiger partial charge is 0.318 e. The summed E-state index contributed by atoms with van der Waals surface area (Å²) < 4.78 is 0. The summed E-state index contributed by atoms with van der Waals surface area (Å²) in [5.41, 5.74) is 7.43. The van der Waals surface area contributed by atoms with E-state index in [4.69, 9.17) is 5.73 Å². The van der Waals surface area contributed by atoms with Gasteiger partial charge in [0.15, 0.2) is 0 Å². The molecule has 5 heteroatoms. The molecule has 0 saturated heterocycles. The summed E-state index contributed by atoms with van der Waals surface area (Å²) in [4.78, 5) is 25.8. The molecule has 0 aliphatic heterocycles. The Morgan fingerprint density at radius 1 is 1.04 bits per heavy atom. The van der Waals surface area contributed by atoms with E-state index in [-0.39, 0.29) is 18.5 Å². The number of amides is 3. The first kappa shape index (κ1) is 18.0. The molecule has 0 heterocycles. The van der Waals surface area contributed by atoms with Gasteiger partial charge in [0.1, 0.15) is 0 Å².